The van der Waals surface area contributed by atoms with Crippen LogP contribution in [0.15, 0.2) is 15.4 Å². The number of ether oxygens (including phenoxy) is 1. The Morgan fingerprint density at radius 2 is 2.60 bits per heavy atom. The predicted octanol–water partition coefficient (Wildman–Crippen LogP) is 1.97. The first-order chi connectivity index (χ1) is 4.83. The van der Waals surface area contributed by atoms with Crippen molar-refractivity contribution in [1.29, 1.82) is 0 Å². The Bertz CT molecular complexity index is 199. The summed E-state index contributed by atoms with van der Waals surface area (Å²) in [6.45, 7) is 3.12. The zero-order valence-corrected chi connectivity index (χ0v) is 7.22. The fourth-order valence-electron chi connectivity index (χ4n) is 0.553. The molecule has 0 unspecified atom stereocenters. The second-order valence-electron chi connectivity index (χ2n) is 1.72. The van der Waals surface area contributed by atoms with Gasteiger partial charge in [-0.3, -0.25) is 0 Å². The van der Waals surface area contributed by atoms with Crippen molar-refractivity contribution in [1.82, 2.24) is 4.98 Å². The van der Waals surface area contributed by atoms with Crippen LogP contribution in [0.25, 0.3) is 0 Å². The summed E-state index contributed by atoms with van der Waals surface area (Å²) >= 11 is 3.09. The van der Waals surface area contributed by atoms with Crippen LogP contribution in [-0.4, -0.2) is 11.6 Å². The number of nitrogens with zero attached hydrogens (tertiary/aromatic N) is 1. The molecule has 0 amide bonds. The van der Waals surface area contributed by atoms with Crippen molar-refractivity contribution in [3.05, 3.63) is 16.8 Å². The van der Waals surface area contributed by atoms with Gasteiger partial charge in [0.2, 0.25) is 0 Å². The maximum Gasteiger partial charge on any atom is 0.264 e. The van der Waals surface area contributed by atoms with E-state index in [1.54, 1.807) is 6.20 Å². The average molecular weight is 206 g/mol. The lowest BCUT2D eigenvalue weighted by Crippen LogP contribution is -1.88. The predicted molar refractivity (Wildman–Crippen MR) is 39.5 cm³/mol. The summed E-state index contributed by atoms with van der Waals surface area (Å²) in [5, 5.41) is 0. The molecule has 0 aliphatic heterocycles. The monoisotopic (exact) mass is 205 g/mol. The van der Waals surface area contributed by atoms with Gasteiger partial charge in [-0.25, -0.2) is 4.98 Å². The highest BCUT2D eigenvalue weighted by Crippen LogP contribution is 2.10. The minimum Gasteiger partial charge on any atom is -0.434 e. The van der Waals surface area contributed by atoms with Crippen LogP contribution in [0.4, 0.5) is 0 Å². The molecule has 0 saturated heterocycles. The fourth-order valence-corrected chi connectivity index (χ4v) is 0.863. The van der Waals surface area contributed by atoms with E-state index in [0.717, 1.165) is 5.76 Å². The van der Waals surface area contributed by atoms with Crippen LogP contribution in [0.5, 0.6) is 0 Å². The zero-order valence-electron chi connectivity index (χ0n) is 5.63. The van der Waals surface area contributed by atoms with Gasteiger partial charge >= 0.3 is 0 Å². The summed E-state index contributed by atoms with van der Waals surface area (Å²) in [5.74, 6) is 0.744. The van der Waals surface area contributed by atoms with Crippen LogP contribution in [0.1, 0.15) is 12.7 Å². The highest BCUT2D eigenvalue weighted by molar-refractivity contribution is 9.10. The van der Waals surface area contributed by atoms with Crippen molar-refractivity contribution >= 4 is 15.9 Å². The van der Waals surface area contributed by atoms with E-state index in [2.05, 4.69) is 20.9 Å². The first-order valence-corrected chi connectivity index (χ1v) is 3.80. The van der Waals surface area contributed by atoms with E-state index in [1.165, 1.54) is 0 Å². The molecule has 0 aromatic carbocycles. The number of hydrogen-bond acceptors (Lipinski definition) is 3. The molecule has 4 heteroatoms. The number of rotatable bonds is 3. The molecule has 0 aliphatic rings. The molecule has 10 heavy (non-hydrogen) atoms. The first-order valence-electron chi connectivity index (χ1n) is 3.01. The summed E-state index contributed by atoms with van der Waals surface area (Å²) < 4.78 is 10.1. The SMILES string of the molecule is CCOCc1cnc(Br)o1. The number of halogens is 1. The zero-order chi connectivity index (χ0) is 7.40. The molecule has 0 spiro atoms. The lowest BCUT2D eigenvalue weighted by Gasteiger charge is -1.93. The molecule has 0 radical (unpaired) electrons. The molecule has 1 aromatic heterocycles. The fraction of sp³-hybridized carbons (Fsp3) is 0.500. The molecule has 56 valence electrons. The van der Waals surface area contributed by atoms with Crippen molar-refractivity contribution in [3.8, 4) is 0 Å². The van der Waals surface area contributed by atoms with E-state index >= 15 is 0 Å². The van der Waals surface area contributed by atoms with Gasteiger partial charge in [-0.15, -0.1) is 0 Å². The number of aromatic nitrogens is 1. The lowest BCUT2D eigenvalue weighted by molar-refractivity contribution is 0.117. The molecule has 0 bridgehead atoms. The summed E-state index contributed by atoms with van der Waals surface area (Å²) in [6.07, 6.45) is 1.64. The third-order valence-electron chi connectivity index (χ3n) is 0.974. The molecule has 1 aromatic rings. The molecular weight excluding hydrogens is 198 g/mol. The lowest BCUT2D eigenvalue weighted by atomic mass is 10.5. The highest BCUT2D eigenvalue weighted by atomic mass is 79.9. The molecule has 1 heterocycles. The molecule has 0 fully saturated rings. The summed E-state index contributed by atoms with van der Waals surface area (Å²) in [6, 6.07) is 0. The molecule has 1 rings (SSSR count). The van der Waals surface area contributed by atoms with Gasteiger partial charge in [-0.05, 0) is 6.92 Å². The van der Waals surface area contributed by atoms with E-state index in [0.29, 0.717) is 18.0 Å². The van der Waals surface area contributed by atoms with Crippen molar-refractivity contribution in [3.63, 3.8) is 0 Å². The normalized spacial score (nSPS) is 10.2. The van der Waals surface area contributed by atoms with E-state index in [4.69, 9.17) is 9.15 Å². The maximum atomic E-state index is 5.08. The van der Waals surface area contributed by atoms with Crippen molar-refractivity contribution in [2.24, 2.45) is 0 Å². The van der Waals surface area contributed by atoms with E-state index in [9.17, 15) is 0 Å². The van der Waals surface area contributed by atoms with Crippen LogP contribution >= 0.6 is 15.9 Å². The number of hydrogen-bond donors (Lipinski definition) is 0. The number of oxazole rings is 1. The summed E-state index contributed by atoms with van der Waals surface area (Å²) in [5.41, 5.74) is 0. The minimum absolute atomic E-state index is 0.495. The Hall–Kier alpha value is -0.350. The van der Waals surface area contributed by atoms with E-state index in [1.807, 2.05) is 6.92 Å². The minimum atomic E-state index is 0.495. The molecule has 0 N–H and O–H groups in total. The van der Waals surface area contributed by atoms with Crippen LogP contribution < -0.4 is 0 Å². The largest absolute Gasteiger partial charge is 0.434 e. The Morgan fingerprint density at radius 1 is 1.80 bits per heavy atom. The molecule has 0 atom stereocenters. The van der Waals surface area contributed by atoms with Gasteiger partial charge in [-0.2, -0.15) is 0 Å². The van der Waals surface area contributed by atoms with Gasteiger partial charge in [0.1, 0.15) is 6.61 Å². The Morgan fingerprint density at radius 3 is 3.10 bits per heavy atom. The summed E-state index contributed by atoms with van der Waals surface area (Å²) in [4.78, 5) is 4.34. The quantitative estimate of drug-likeness (QED) is 0.758. The van der Waals surface area contributed by atoms with Crippen LogP contribution in [-0.2, 0) is 11.3 Å². The van der Waals surface area contributed by atoms with Crippen molar-refractivity contribution < 1.29 is 9.15 Å². The Balaban J connectivity index is 2.42. The Labute approximate surface area is 67.5 Å². The van der Waals surface area contributed by atoms with Gasteiger partial charge < -0.3 is 9.15 Å². The van der Waals surface area contributed by atoms with E-state index in [-0.39, 0.29) is 0 Å². The van der Waals surface area contributed by atoms with Gasteiger partial charge in [0.25, 0.3) is 4.80 Å². The standard InChI is InChI=1S/C6H8BrNO2/c1-2-9-4-5-3-8-6(7)10-5/h3H,2,4H2,1H3. The molecular formula is C6H8BrNO2. The smallest absolute Gasteiger partial charge is 0.264 e. The second-order valence-corrected chi connectivity index (χ2v) is 2.40. The van der Waals surface area contributed by atoms with Crippen molar-refractivity contribution in [2.45, 2.75) is 13.5 Å². The van der Waals surface area contributed by atoms with Crippen LogP contribution in [0, 0.1) is 0 Å². The van der Waals surface area contributed by atoms with Gasteiger partial charge in [0.05, 0.1) is 6.20 Å². The third-order valence-corrected chi connectivity index (χ3v) is 1.34. The Kier molecular flexibility index (Phi) is 2.89. The molecule has 0 saturated carbocycles. The van der Waals surface area contributed by atoms with E-state index < -0.39 is 0 Å². The maximum absolute atomic E-state index is 5.08. The first kappa shape index (κ1) is 7.75. The third kappa shape index (κ3) is 2.11. The van der Waals surface area contributed by atoms with Crippen LogP contribution in [0.3, 0.4) is 0 Å². The topological polar surface area (TPSA) is 35.3 Å². The summed E-state index contributed by atoms with van der Waals surface area (Å²) in [7, 11) is 0. The van der Waals surface area contributed by atoms with Crippen LogP contribution in [0.2, 0.25) is 0 Å². The molecule has 0 aliphatic carbocycles. The highest BCUT2D eigenvalue weighted by Gasteiger charge is 1.98. The van der Waals surface area contributed by atoms with Gasteiger partial charge in [0, 0.05) is 22.5 Å². The van der Waals surface area contributed by atoms with Gasteiger partial charge in [0.15, 0.2) is 5.76 Å². The van der Waals surface area contributed by atoms with Crippen molar-refractivity contribution in [2.75, 3.05) is 6.61 Å². The second kappa shape index (κ2) is 3.73. The van der Waals surface area contributed by atoms with Gasteiger partial charge in [-0.1, -0.05) is 0 Å². The molecule has 3 nitrogen and oxygen atoms in total. The average Bonchev–Trinajstić information content (AvgIpc) is 2.31.